The highest BCUT2D eigenvalue weighted by molar-refractivity contribution is 7.14. The SMILES string of the molecule is COC(=O)c1sc(C(C)(C)C)cc1N(C(=O)C1CCC(C)CC1)C1CCC(OC)CC1. The lowest BCUT2D eigenvalue weighted by atomic mass is 9.81. The van der Waals surface area contributed by atoms with Crippen molar-refractivity contribution < 1.29 is 19.1 Å². The number of esters is 1. The van der Waals surface area contributed by atoms with E-state index in [2.05, 4.69) is 33.8 Å². The number of hydrogen-bond donors (Lipinski definition) is 0. The third kappa shape index (κ3) is 5.51. The molecule has 31 heavy (non-hydrogen) atoms. The van der Waals surface area contributed by atoms with Gasteiger partial charge in [-0.1, -0.05) is 27.7 Å². The van der Waals surface area contributed by atoms with E-state index in [9.17, 15) is 9.59 Å². The number of carbonyl (C=O) groups is 2. The van der Waals surface area contributed by atoms with Crippen LogP contribution in [0.2, 0.25) is 0 Å². The maximum absolute atomic E-state index is 13.9. The van der Waals surface area contributed by atoms with Gasteiger partial charge < -0.3 is 14.4 Å². The summed E-state index contributed by atoms with van der Waals surface area (Å²) < 4.78 is 10.7. The van der Waals surface area contributed by atoms with Gasteiger partial charge in [-0.2, -0.15) is 0 Å². The summed E-state index contributed by atoms with van der Waals surface area (Å²) in [6, 6.07) is 2.17. The van der Waals surface area contributed by atoms with Crippen LogP contribution in [0.15, 0.2) is 6.07 Å². The summed E-state index contributed by atoms with van der Waals surface area (Å²) in [6.45, 7) is 8.70. The first-order chi connectivity index (χ1) is 14.7. The van der Waals surface area contributed by atoms with Crippen LogP contribution in [0.1, 0.15) is 93.6 Å². The molecule has 1 aromatic rings. The monoisotopic (exact) mass is 449 g/mol. The van der Waals surface area contributed by atoms with E-state index in [-0.39, 0.29) is 35.4 Å². The van der Waals surface area contributed by atoms with Gasteiger partial charge in [0.25, 0.3) is 0 Å². The first kappa shape index (κ1) is 24.2. The molecule has 6 heteroatoms. The van der Waals surface area contributed by atoms with Gasteiger partial charge in [0.1, 0.15) is 4.88 Å². The maximum atomic E-state index is 13.9. The van der Waals surface area contributed by atoms with Crippen molar-refractivity contribution in [3.8, 4) is 0 Å². The zero-order valence-corrected chi connectivity index (χ0v) is 20.8. The van der Waals surface area contributed by atoms with E-state index in [4.69, 9.17) is 9.47 Å². The highest BCUT2D eigenvalue weighted by Crippen LogP contribution is 2.42. The van der Waals surface area contributed by atoms with Gasteiger partial charge in [-0.15, -0.1) is 11.3 Å². The van der Waals surface area contributed by atoms with Crippen molar-refractivity contribution in [2.45, 2.75) is 96.6 Å². The zero-order chi connectivity index (χ0) is 22.8. The molecular weight excluding hydrogens is 410 g/mol. The Labute approximate surface area is 191 Å². The number of methoxy groups -OCH3 is 2. The standard InChI is InChI=1S/C25H39NO4S/c1-16-7-9-17(10-8-16)23(27)26(18-11-13-19(29-5)14-12-18)20-15-21(25(2,3)4)31-22(20)24(28)30-6/h15-19H,7-14H2,1-6H3. The van der Waals surface area contributed by atoms with E-state index in [1.807, 2.05) is 4.90 Å². The molecule has 1 aromatic heterocycles. The second kappa shape index (κ2) is 10.0. The van der Waals surface area contributed by atoms with Crippen LogP contribution in [-0.2, 0) is 19.7 Å². The number of rotatable bonds is 5. The summed E-state index contributed by atoms with van der Waals surface area (Å²) in [6.07, 6.45) is 8.01. The van der Waals surface area contributed by atoms with Crippen molar-refractivity contribution >= 4 is 28.9 Å². The summed E-state index contributed by atoms with van der Waals surface area (Å²) in [5, 5.41) is 0. The van der Waals surface area contributed by atoms with Gasteiger partial charge in [0.15, 0.2) is 0 Å². The van der Waals surface area contributed by atoms with Crippen LogP contribution < -0.4 is 4.90 Å². The van der Waals surface area contributed by atoms with Crippen LogP contribution in [-0.4, -0.2) is 38.2 Å². The molecule has 0 aliphatic heterocycles. The molecule has 5 nitrogen and oxygen atoms in total. The Morgan fingerprint density at radius 2 is 1.61 bits per heavy atom. The molecule has 3 rings (SSSR count). The first-order valence-corrected chi connectivity index (χ1v) is 12.6. The molecule has 174 valence electrons. The van der Waals surface area contributed by atoms with Crippen molar-refractivity contribution in [1.82, 2.24) is 0 Å². The molecule has 1 heterocycles. The fourth-order valence-corrected chi connectivity index (χ4v) is 6.03. The molecule has 0 N–H and O–H groups in total. The fraction of sp³-hybridized carbons (Fsp3) is 0.760. The van der Waals surface area contributed by atoms with Crippen molar-refractivity contribution in [3.05, 3.63) is 15.8 Å². The molecule has 0 spiro atoms. The van der Waals surface area contributed by atoms with Gasteiger partial charge >= 0.3 is 5.97 Å². The van der Waals surface area contributed by atoms with E-state index >= 15 is 0 Å². The average molecular weight is 450 g/mol. The molecule has 0 aromatic carbocycles. The van der Waals surface area contributed by atoms with Crippen molar-refractivity contribution in [2.24, 2.45) is 11.8 Å². The van der Waals surface area contributed by atoms with Crippen molar-refractivity contribution in [2.75, 3.05) is 19.1 Å². The highest BCUT2D eigenvalue weighted by Gasteiger charge is 2.38. The minimum Gasteiger partial charge on any atom is -0.465 e. The van der Waals surface area contributed by atoms with Gasteiger partial charge in [0.05, 0.1) is 18.9 Å². The second-order valence-electron chi connectivity index (χ2n) is 10.4. The third-order valence-corrected chi connectivity index (χ3v) is 8.56. The van der Waals surface area contributed by atoms with E-state index in [1.165, 1.54) is 18.4 Å². The Kier molecular flexibility index (Phi) is 7.85. The largest absolute Gasteiger partial charge is 0.465 e. The number of amides is 1. The summed E-state index contributed by atoms with van der Waals surface area (Å²) >= 11 is 1.47. The summed E-state index contributed by atoms with van der Waals surface area (Å²) in [5.74, 6) is 0.570. The van der Waals surface area contributed by atoms with Crippen molar-refractivity contribution in [1.29, 1.82) is 0 Å². The smallest absolute Gasteiger partial charge is 0.350 e. The molecule has 0 bridgehead atoms. The minimum absolute atomic E-state index is 0.0415. The van der Waals surface area contributed by atoms with E-state index < -0.39 is 0 Å². The molecule has 2 aliphatic rings. The van der Waals surface area contributed by atoms with E-state index in [0.29, 0.717) is 10.8 Å². The number of hydrogen-bond acceptors (Lipinski definition) is 5. The molecule has 2 saturated carbocycles. The number of ether oxygens (including phenoxy) is 2. The molecule has 0 saturated heterocycles. The van der Waals surface area contributed by atoms with E-state index in [1.54, 1.807) is 7.11 Å². The lowest BCUT2D eigenvalue weighted by molar-refractivity contribution is -0.124. The number of carbonyl (C=O) groups excluding carboxylic acids is 2. The molecule has 0 unspecified atom stereocenters. The molecule has 0 radical (unpaired) electrons. The zero-order valence-electron chi connectivity index (χ0n) is 20.0. The Morgan fingerprint density at radius 3 is 2.13 bits per heavy atom. The Balaban J connectivity index is 2.00. The topological polar surface area (TPSA) is 55.8 Å². The number of nitrogens with zero attached hydrogens (tertiary/aromatic N) is 1. The molecule has 2 aliphatic carbocycles. The Bertz CT molecular complexity index is 765. The van der Waals surface area contributed by atoms with Gasteiger partial charge in [0, 0.05) is 23.9 Å². The highest BCUT2D eigenvalue weighted by atomic mass is 32.1. The molecule has 2 fully saturated rings. The molecular formula is C25H39NO4S. The lowest BCUT2D eigenvalue weighted by Gasteiger charge is -2.39. The summed E-state index contributed by atoms with van der Waals surface area (Å²) in [5.41, 5.74) is 0.653. The normalized spacial score (nSPS) is 27.0. The number of thiophene rings is 1. The predicted molar refractivity (Wildman–Crippen MR) is 126 cm³/mol. The van der Waals surface area contributed by atoms with Crippen LogP contribution in [0.5, 0.6) is 0 Å². The van der Waals surface area contributed by atoms with Crippen LogP contribution in [0.25, 0.3) is 0 Å². The van der Waals surface area contributed by atoms with Gasteiger partial charge in [-0.3, -0.25) is 4.79 Å². The van der Waals surface area contributed by atoms with Gasteiger partial charge in [-0.25, -0.2) is 4.79 Å². The first-order valence-electron chi connectivity index (χ1n) is 11.7. The van der Waals surface area contributed by atoms with Crippen LogP contribution in [0.3, 0.4) is 0 Å². The lowest BCUT2D eigenvalue weighted by Crippen LogP contribution is -2.47. The van der Waals surface area contributed by atoms with Gasteiger partial charge in [-0.05, 0) is 68.8 Å². The quantitative estimate of drug-likeness (QED) is 0.521. The Hall–Kier alpha value is -1.40. The van der Waals surface area contributed by atoms with Gasteiger partial charge in [0.2, 0.25) is 5.91 Å². The predicted octanol–water partition coefficient (Wildman–Crippen LogP) is 5.95. The van der Waals surface area contributed by atoms with Crippen molar-refractivity contribution in [3.63, 3.8) is 0 Å². The second-order valence-corrected chi connectivity index (χ2v) is 11.5. The van der Waals surface area contributed by atoms with Crippen LogP contribution in [0.4, 0.5) is 5.69 Å². The molecule has 1 amide bonds. The van der Waals surface area contributed by atoms with Crippen LogP contribution >= 0.6 is 11.3 Å². The maximum Gasteiger partial charge on any atom is 0.350 e. The Morgan fingerprint density at radius 1 is 1.00 bits per heavy atom. The van der Waals surface area contributed by atoms with E-state index in [0.717, 1.165) is 61.9 Å². The third-order valence-electron chi connectivity index (χ3n) is 7.03. The summed E-state index contributed by atoms with van der Waals surface area (Å²) in [4.78, 5) is 30.3. The average Bonchev–Trinajstić information content (AvgIpc) is 3.20. The fourth-order valence-electron chi connectivity index (χ4n) is 4.91. The molecule has 0 atom stereocenters. The number of anilines is 1. The summed E-state index contributed by atoms with van der Waals surface area (Å²) in [7, 11) is 3.18. The minimum atomic E-state index is -0.351. The van der Waals surface area contributed by atoms with Crippen LogP contribution in [0, 0.1) is 11.8 Å².